The second-order valence-corrected chi connectivity index (χ2v) is 12.4. The summed E-state index contributed by atoms with van der Waals surface area (Å²) in [4.78, 5) is 12.3. The van der Waals surface area contributed by atoms with Crippen LogP contribution >= 0.6 is 0 Å². The van der Waals surface area contributed by atoms with Crippen molar-refractivity contribution in [2.45, 2.75) is 73.6 Å². The summed E-state index contributed by atoms with van der Waals surface area (Å²) < 4.78 is 32.0. The van der Waals surface area contributed by atoms with Crippen molar-refractivity contribution >= 4 is 21.5 Å². The summed E-state index contributed by atoms with van der Waals surface area (Å²) in [6.07, 6.45) is 1.79. The number of hydrogen-bond donors (Lipinski definition) is 0. The third-order valence-electron chi connectivity index (χ3n) is 7.00. The van der Waals surface area contributed by atoms with Gasteiger partial charge in [0.25, 0.3) is 0 Å². The average molecular weight is 488 g/mol. The molecule has 34 heavy (non-hydrogen) atoms. The highest BCUT2D eigenvalue weighted by Gasteiger charge is 2.32. The number of Topliss-reactive ketones (excluding diaryl/α,β-unsaturated/α-hetero) is 1. The Morgan fingerprint density at radius 1 is 0.912 bits per heavy atom. The Morgan fingerprint density at radius 3 is 1.88 bits per heavy atom. The van der Waals surface area contributed by atoms with E-state index in [0.29, 0.717) is 5.69 Å². The zero-order valence-corrected chi connectivity index (χ0v) is 23.1. The van der Waals surface area contributed by atoms with Crippen LogP contribution < -0.4 is 9.04 Å². The van der Waals surface area contributed by atoms with Crippen LogP contribution in [0.25, 0.3) is 0 Å². The Balaban J connectivity index is 2.44. The highest BCUT2D eigenvalue weighted by molar-refractivity contribution is 7.92. The van der Waals surface area contributed by atoms with E-state index in [0.717, 1.165) is 35.3 Å². The molecule has 0 aliphatic heterocycles. The fourth-order valence-electron chi connectivity index (χ4n) is 4.35. The number of ether oxygens (including phenoxy) is 1. The lowest BCUT2D eigenvalue weighted by atomic mass is 9.70. The quantitative estimate of drug-likeness (QED) is 0.401. The summed E-state index contributed by atoms with van der Waals surface area (Å²) >= 11 is 0. The van der Waals surface area contributed by atoms with E-state index in [9.17, 15) is 13.2 Å². The summed E-state index contributed by atoms with van der Waals surface area (Å²) in [6.45, 7) is 15.7. The minimum atomic E-state index is -3.32. The highest BCUT2D eigenvalue weighted by atomic mass is 32.2. The number of anilines is 1. The van der Waals surface area contributed by atoms with Crippen LogP contribution in [-0.2, 0) is 20.2 Å². The first-order valence-electron chi connectivity index (χ1n) is 12.1. The number of nitrogens with zero attached hydrogens (tertiary/aromatic N) is 1. The number of aryl methyl sites for hydroxylation is 2. The van der Waals surface area contributed by atoms with Crippen molar-refractivity contribution in [1.29, 1.82) is 0 Å². The van der Waals surface area contributed by atoms with Crippen LogP contribution in [0, 0.1) is 19.3 Å². The smallest absolute Gasteiger partial charge is 0.234 e. The second kappa shape index (κ2) is 10.5. The number of benzene rings is 2. The van der Waals surface area contributed by atoms with Gasteiger partial charge in [-0.05, 0) is 68.0 Å². The maximum Gasteiger partial charge on any atom is 0.234 e. The zero-order valence-electron chi connectivity index (χ0n) is 22.3. The molecule has 0 N–H and O–H groups in total. The predicted octanol–water partition coefficient (Wildman–Crippen LogP) is 6.19. The molecule has 0 saturated carbocycles. The van der Waals surface area contributed by atoms with Crippen molar-refractivity contribution in [3.8, 4) is 5.75 Å². The van der Waals surface area contributed by atoms with Crippen molar-refractivity contribution in [2.75, 3.05) is 23.7 Å². The lowest BCUT2D eigenvalue weighted by Gasteiger charge is -2.35. The van der Waals surface area contributed by atoms with Gasteiger partial charge in [0.2, 0.25) is 10.0 Å². The van der Waals surface area contributed by atoms with Crippen molar-refractivity contribution in [1.82, 2.24) is 0 Å². The molecule has 188 valence electrons. The molecule has 5 nitrogen and oxygen atoms in total. The second-order valence-electron chi connectivity index (χ2n) is 10.1. The topological polar surface area (TPSA) is 63.7 Å². The lowest BCUT2D eigenvalue weighted by molar-refractivity contribution is -0.128. The fourth-order valence-corrected chi connectivity index (χ4v) is 5.24. The molecule has 2 rings (SSSR count). The van der Waals surface area contributed by atoms with E-state index >= 15 is 0 Å². The molecule has 0 fully saturated rings. The van der Waals surface area contributed by atoms with Crippen molar-refractivity contribution in [2.24, 2.45) is 5.41 Å². The predicted molar refractivity (Wildman–Crippen MR) is 142 cm³/mol. The van der Waals surface area contributed by atoms with Gasteiger partial charge in [-0.2, -0.15) is 0 Å². The Morgan fingerprint density at radius 2 is 1.44 bits per heavy atom. The number of sulfonamides is 1. The first kappa shape index (κ1) is 27.9. The number of ketones is 1. The Kier molecular flexibility index (Phi) is 8.62. The summed E-state index contributed by atoms with van der Waals surface area (Å²) in [5.74, 6) is 0.853. The van der Waals surface area contributed by atoms with Gasteiger partial charge in [0.1, 0.15) is 12.4 Å². The summed E-state index contributed by atoms with van der Waals surface area (Å²) in [6, 6.07) is 12.3. The van der Waals surface area contributed by atoms with E-state index in [2.05, 4.69) is 38.1 Å². The number of rotatable bonds is 10. The summed E-state index contributed by atoms with van der Waals surface area (Å²) in [7, 11) is -1.71. The monoisotopic (exact) mass is 487 g/mol. The first-order valence-corrected chi connectivity index (χ1v) is 13.7. The summed E-state index contributed by atoms with van der Waals surface area (Å²) in [5.41, 5.74) is 4.34. The van der Waals surface area contributed by atoms with Gasteiger partial charge in [0.15, 0.2) is 5.78 Å². The van der Waals surface area contributed by atoms with E-state index in [-0.39, 0.29) is 23.6 Å². The van der Waals surface area contributed by atoms with Crippen LogP contribution in [0.15, 0.2) is 36.4 Å². The van der Waals surface area contributed by atoms with Crippen molar-refractivity contribution in [3.05, 3.63) is 58.7 Å². The third-order valence-corrected chi connectivity index (χ3v) is 8.76. The molecule has 0 heterocycles. The van der Waals surface area contributed by atoms with Gasteiger partial charge >= 0.3 is 0 Å². The molecule has 2 aromatic rings. The molecule has 0 spiro atoms. The third kappa shape index (κ3) is 5.65. The van der Waals surface area contributed by atoms with Gasteiger partial charge in [-0.3, -0.25) is 9.10 Å². The molecule has 0 aliphatic carbocycles. The molecule has 0 aromatic heterocycles. The Bertz CT molecular complexity index is 1130. The molecule has 0 radical (unpaired) electrons. The molecule has 0 bridgehead atoms. The molecular weight excluding hydrogens is 446 g/mol. The fraction of sp³-hybridized carbons (Fsp3) is 0.536. The van der Waals surface area contributed by atoms with E-state index in [1.54, 1.807) is 14.0 Å². The van der Waals surface area contributed by atoms with Gasteiger partial charge in [-0.25, -0.2) is 8.42 Å². The highest BCUT2D eigenvalue weighted by Crippen LogP contribution is 2.41. The molecule has 0 atom stereocenters. The van der Waals surface area contributed by atoms with Crippen molar-refractivity contribution in [3.63, 3.8) is 0 Å². The van der Waals surface area contributed by atoms with Crippen LogP contribution in [0.5, 0.6) is 5.75 Å². The van der Waals surface area contributed by atoms with Gasteiger partial charge in [0.05, 0.1) is 11.4 Å². The van der Waals surface area contributed by atoms with E-state index in [1.807, 2.05) is 46.8 Å². The molecule has 6 heteroatoms. The van der Waals surface area contributed by atoms with Gasteiger partial charge < -0.3 is 4.74 Å². The van der Waals surface area contributed by atoms with Gasteiger partial charge in [-0.1, -0.05) is 58.9 Å². The largest absolute Gasteiger partial charge is 0.486 e. The lowest BCUT2D eigenvalue weighted by Crippen LogP contribution is -2.30. The molecule has 2 aromatic carbocycles. The van der Waals surface area contributed by atoms with E-state index in [4.69, 9.17) is 4.74 Å². The Hall–Kier alpha value is -2.34. The number of carbonyl (C=O) groups is 1. The maximum absolute atomic E-state index is 12.4. The maximum atomic E-state index is 12.4. The number of hydrogen-bond acceptors (Lipinski definition) is 4. The standard InChI is InChI=1S/C28H41NO4S/c1-10-28(11-2,22-13-15-24(20(4)17-22)29(9)34(31,32)12-3)23-14-16-25(21(5)18-23)33-19-26(30)27(6,7)8/h13-18H,10-12,19H2,1-9H3. The minimum Gasteiger partial charge on any atom is -0.486 e. The van der Waals surface area contributed by atoms with E-state index in [1.165, 1.54) is 9.87 Å². The van der Waals surface area contributed by atoms with Crippen LogP contribution in [0.4, 0.5) is 5.69 Å². The molecule has 0 unspecified atom stereocenters. The molecule has 0 amide bonds. The van der Waals surface area contributed by atoms with Crippen LogP contribution in [0.1, 0.15) is 76.6 Å². The average Bonchev–Trinajstić information content (AvgIpc) is 2.78. The van der Waals surface area contributed by atoms with Crippen LogP contribution in [0.3, 0.4) is 0 Å². The van der Waals surface area contributed by atoms with Gasteiger partial charge in [0, 0.05) is 17.9 Å². The molecule has 0 saturated heterocycles. The normalized spacial score (nSPS) is 12.5. The van der Waals surface area contributed by atoms with Crippen LogP contribution in [0.2, 0.25) is 0 Å². The van der Waals surface area contributed by atoms with Crippen LogP contribution in [-0.4, -0.2) is 33.6 Å². The Labute approximate surface area is 206 Å². The van der Waals surface area contributed by atoms with E-state index < -0.39 is 15.4 Å². The zero-order chi connectivity index (χ0) is 25.9. The van der Waals surface area contributed by atoms with Gasteiger partial charge in [-0.15, -0.1) is 0 Å². The first-order chi connectivity index (χ1) is 15.7. The SMILES string of the molecule is CCC(CC)(c1ccc(OCC(=O)C(C)(C)C)c(C)c1)c1ccc(N(C)S(=O)(=O)CC)c(C)c1. The summed E-state index contributed by atoms with van der Waals surface area (Å²) in [5, 5.41) is 0. The number of carbonyl (C=O) groups excluding carboxylic acids is 1. The van der Waals surface area contributed by atoms with Crippen molar-refractivity contribution < 1.29 is 17.9 Å². The minimum absolute atomic E-state index is 0.0607. The molecular formula is C28H41NO4S. The molecule has 0 aliphatic rings.